The van der Waals surface area contributed by atoms with Gasteiger partial charge in [0.15, 0.2) is 4.77 Å². The highest BCUT2D eigenvalue weighted by molar-refractivity contribution is 9.10. The SMILES string of the molecule is Cc1cn(-c2c(Cl)cc(F)cc2Br)c(=S)[nH]1. The number of halogens is 3. The first-order valence-corrected chi connectivity index (χ1v) is 6.00. The number of hydrogen-bond acceptors (Lipinski definition) is 1. The molecule has 2 nitrogen and oxygen atoms in total. The van der Waals surface area contributed by atoms with Crippen LogP contribution in [0.4, 0.5) is 4.39 Å². The van der Waals surface area contributed by atoms with Crippen LogP contribution in [0.25, 0.3) is 5.69 Å². The molecule has 1 aromatic carbocycles. The van der Waals surface area contributed by atoms with E-state index in [1.54, 1.807) is 4.57 Å². The average Bonchev–Trinajstić information content (AvgIpc) is 2.43. The Morgan fingerprint density at radius 3 is 2.69 bits per heavy atom. The zero-order valence-electron chi connectivity index (χ0n) is 8.22. The van der Waals surface area contributed by atoms with Crippen LogP contribution < -0.4 is 0 Å². The molecule has 0 aliphatic heterocycles. The molecule has 0 fully saturated rings. The fourth-order valence-corrected chi connectivity index (χ4v) is 2.78. The van der Waals surface area contributed by atoms with Crippen molar-refractivity contribution in [1.82, 2.24) is 9.55 Å². The van der Waals surface area contributed by atoms with Gasteiger partial charge in [-0.25, -0.2) is 4.39 Å². The minimum Gasteiger partial charge on any atom is -0.335 e. The molecule has 1 heterocycles. The predicted octanol–water partition coefficient (Wildman–Crippen LogP) is 4.40. The molecule has 2 aromatic rings. The van der Waals surface area contributed by atoms with E-state index in [-0.39, 0.29) is 5.82 Å². The molecular weight excluding hydrogens is 315 g/mol. The number of nitrogens with one attached hydrogen (secondary N) is 1. The molecule has 0 amide bonds. The molecule has 0 aliphatic rings. The van der Waals surface area contributed by atoms with Crippen LogP contribution in [0.5, 0.6) is 0 Å². The van der Waals surface area contributed by atoms with Crippen molar-refractivity contribution in [3.8, 4) is 5.69 Å². The number of hydrogen-bond donors (Lipinski definition) is 1. The van der Waals surface area contributed by atoms with Crippen molar-refractivity contribution in [3.63, 3.8) is 0 Å². The molecule has 0 atom stereocenters. The quantitative estimate of drug-likeness (QED) is 0.772. The molecule has 16 heavy (non-hydrogen) atoms. The summed E-state index contributed by atoms with van der Waals surface area (Å²) in [5.41, 5.74) is 1.55. The van der Waals surface area contributed by atoms with Crippen molar-refractivity contribution >= 4 is 39.7 Å². The van der Waals surface area contributed by atoms with Crippen LogP contribution in [-0.2, 0) is 0 Å². The van der Waals surface area contributed by atoms with E-state index in [0.29, 0.717) is 20.0 Å². The number of aromatic nitrogens is 2. The Morgan fingerprint density at radius 1 is 1.50 bits per heavy atom. The number of nitrogens with zero attached hydrogens (tertiary/aromatic N) is 1. The fourth-order valence-electron chi connectivity index (χ4n) is 1.44. The minimum atomic E-state index is -0.389. The summed E-state index contributed by atoms with van der Waals surface area (Å²) in [4.78, 5) is 2.98. The summed E-state index contributed by atoms with van der Waals surface area (Å²) in [7, 11) is 0. The molecule has 6 heteroatoms. The molecule has 0 radical (unpaired) electrons. The van der Waals surface area contributed by atoms with Gasteiger partial charge in [-0.15, -0.1) is 0 Å². The number of imidazole rings is 1. The lowest BCUT2D eigenvalue weighted by molar-refractivity contribution is 0.626. The third-order valence-electron chi connectivity index (χ3n) is 2.07. The van der Waals surface area contributed by atoms with Crippen LogP contribution in [0.15, 0.2) is 22.8 Å². The van der Waals surface area contributed by atoms with Gasteiger partial charge >= 0.3 is 0 Å². The van der Waals surface area contributed by atoms with Crippen molar-refractivity contribution in [3.05, 3.63) is 44.1 Å². The third kappa shape index (κ3) is 2.07. The molecule has 2 rings (SSSR count). The monoisotopic (exact) mass is 320 g/mol. The predicted molar refractivity (Wildman–Crippen MR) is 68.4 cm³/mol. The highest BCUT2D eigenvalue weighted by Crippen LogP contribution is 2.30. The summed E-state index contributed by atoms with van der Waals surface area (Å²) in [6, 6.07) is 2.61. The van der Waals surface area contributed by atoms with E-state index in [1.165, 1.54) is 12.1 Å². The fraction of sp³-hybridized carbons (Fsp3) is 0.100. The second-order valence-corrected chi connectivity index (χ2v) is 4.98. The molecule has 1 N–H and O–H groups in total. The van der Waals surface area contributed by atoms with Crippen LogP contribution in [-0.4, -0.2) is 9.55 Å². The molecule has 0 saturated heterocycles. The van der Waals surface area contributed by atoms with Crippen LogP contribution in [0.1, 0.15) is 5.69 Å². The van der Waals surface area contributed by atoms with Gasteiger partial charge in [0.25, 0.3) is 0 Å². The van der Waals surface area contributed by atoms with E-state index in [9.17, 15) is 4.39 Å². The highest BCUT2D eigenvalue weighted by atomic mass is 79.9. The molecule has 0 bridgehead atoms. The summed E-state index contributed by atoms with van der Waals surface area (Å²) in [6.07, 6.45) is 1.81. The second-order valence-electron chi connectivity index (χ2n) is 3.33. The molecular formula is C10H7BrClFN2S. The highest BCUT2D eigenvalue weighted by Gasteiger charge is 2.11. The molecule has 0 unspecified atom stereocenters. The maximum absolute atomic E-state index is 13.1. The number of benzene rings is 1. The van der Waals surface area contributed by atoms with Gasteiger partial charge in [0.05, 0.1) is 10.7 Å². The lowest BCUT2D eigenvalue weighted by atomic mass is 10.3. The summed E-state index contributed by atoms with van der Waals surface area (Å²) in [5, 5.41) is 0.307. The van der Waals surface area contributed by atoms with Crippen LogP contribution in [0.3, 0.4) is 0 Å². The number of H-pyrrole nitrogens is 1. The summed E-state index contributed by atoms with van der Waals surface area (Å²) < 4.78 is 15.9. The first kappa shape index (κ1) is 11.8. The van der Waals surface area contributed by atoms with Gasteiger partial charge in [-0.1, -0.05) is 11.6 Å². The van der Waals surface area contributed by atoms with Crippen molar-refractivity contribution in [1.29, 1.82) is 0 Å². The summed E-state index contributed by atoms with van der Waals surface area (Å²) in [5.74, 6) is -0.389. The molecule has 0 aliphatic carbocycles. The van der Waals surface area contributed by atoms with Gasteiger partial charge in [0.2, 0.25) is 0 Å². The molecule has 0 saturated carbocycles. The van der Waals surface area contributed by atoms with Crippen molar-refractivity contribution in [2.75, 3.05) is 0 Å². The number of rotatable bonds is 1. The largest absolute Gasteiger partial charge is 0.335 e. The van der Waals surface area contributed by atoms with E-state index >= 15 is 0 Å². The first-order valence-electron chi connectivity index (χ1n) is 4.42. The van der Waals surface area contributed by atoms with Gasteiger partial charge in [0.1, 0.15) is 5.82 Å². The van der Waals surface area contributed by atoms with Crippen molar-refractivity contribution in [2.24, 2.45) is 0 Å². The normalized spacial score (nSPS) is 10.8. The van der Waals surface area contributed by atoms with Crippen LogP contribution in [0, 0.1) is 17.5 Å². The Bertz CT molecular complexity index is 582. The second kappa shape index (κ2) is 4.31. The lowest BCUT2D eigenvalue weighted by Gasteiger charge is -2.08. The van der Waals surface area contributed by atoms with Gasteiger partial charge in [0, 0.05) is 16.4 Å². The van der Waals surface area contributed by atoms with Gasteiger partial charge in [-0.05, 0) is 47.2 Å². The van der Waals surface area contributed by atoms with Crippen LogP contribution >= 0.6 is 39.7 Å². The van der Waals surface area contributed by atoms with E-state index in [4.69, 9.17) is 23.8 Å². The number of aryl methyl sites for hydroxylation is 1. The Hall–Kier alpha value is -0.650. The van der Waals surface area contributed by atoms with E-state index in [0.717, 1.165) is 5.69 Å². The molecule has 0 spiro atoms. The van der Waals surface area contributed by atoms with Gasteiger partial charge in [-0.2, -0.15) is 0 Å². The standard InChI is InChI=1S/C10H7BrClFN2S/c1-5-4-15(10(16)14-5)9-7(11)2-6(13)3-8(9)12/h2-4H,1H3,(H,14,16). The molecule has 84 valence electrons. The van der Waals surface area contributed by atoms with E-state index < -0.39 is 0 Å². The molecule has 1 aromatic heterocycles. The minimum absolute atomic E-state index is 0.307. The van der Waals surface area contributed by atoms with E-state index in [2.05, 4.69) is 20.9 Å². The summed E-state index contributed by atoms with van der Waals surface area (Å²) in [6.45, 7) is 1.89. The van der Waals surface area contributed by atoms with Crippen LogP contribution in [0.2, 0.25) is 5.02 Å². The smallest absolute Gasteiger partial charge is 0.182 e. The Balaban J connectivity index is 2.74. The van der Waals surface area contributed by atoms with Gasteiger partial charge < -0.3 is 4.98 Å². The third-order valence-corrected chi connectivity index (χ3v) is 3.26. The maximum Gasteiger partial charge on any atom is 0.182 e. The number of aromatic amines is 1. The maximum atomic E-state index is 13.1. The zero-order chi connectivity index (χ0) is 11.9. The lowest BCUT2D eigenvalue weighted by Crippen LogP contribution is -1.96. The topological polar surface area (TPSA) is 20.7 Å². The first-order chi connectivity index (χ1) is 7.49. The van der Waals surface area contributed by atoms with E-state index in [1.807, 2.05) is 13.1 Å². The Kier molecular flexibility index (Phi) is 3.19. The Labute approximate surface area is 110 Å². The van der Waals surface area contributed by atoms with Crippen molar-refractivity contribution < 1.29 is 4.39 Å². The van der Waals surface area contributed by atoms with Gasteiger partial charge in [-0.3, -0.25) is 4.57 Å². The average molecular weight is 322 g/mol. The Morgan fingerprint density at radius 2 is 2.19 bits per heavy atom. The summed E-state index contributed by atoms with van der Waals surface area (Å²) >= 11 is 14.4. The zero-order valence-corrected chi connectivity index (χ0v) is 11.4. The van der Waals surface area contributed by atoms with Crippen molar-refractivity contribution in [2.45, 2.75) is 6.92 Å².